The van der Waals surface area contributed by atoms with E-state index in [2.05, 4.69) is 16.0 Å². The zero-order valence-corrected chi connectivity index (χ0v) is 10.2. The number of carbonyl (C=O) groups is 2. The summed E-state index contributed by atoms with van der Waals surface area (Å²) in [5.41, 5.74) is -0.0111. The SMILES string of the molecule is C#CCNC(=O)COC(=O)c1ccc(OC)c(F)c1. The fraction of sp³-hybridized carbons (Fsp3) is 0.231. The minimum atomic E-state index is -0.808. The summed E-state index contributed by atoms with van der Waals surface area (Å²) in [6.07, 6.45) is 4.94. The standard InChI is InChI=1S/C13H12FNO4/c1-3-6-15-12(16)8-19-13(17)9-4-5-11(18-2)10(14)7-9/h1,4-5,7H,6,8H2,2H3,(H,15,16). The average Bonchev–Trinajstić information content (AvgIpc) is 2.42. The van der Waals surface area contributed by atoms with Crippen molar-refractivity contribution in [2.75, 3.05) is 20.3 Å². The number of hydrogen-bond donors (Lipinski definition) is 1. The zero-order valence-electron chi connectivity index (χ0n) is 10.2. The molecule has 1 aromatic carbocycles. The van der Waals surface area contributed by atoms with Crippen molar-refractivity contribution in [1.82, 2.24) is 5.32 Å². The van der Waals surface area contributed by atoms with E-state index in [1.165, 1.54) is 19.2 Å². The van der Waals surface area contributed by atoms with Gasteiger partial charge in [0.2, 0.25) is 0 Å². The van der Waals surface area contributed by atoms with Crippen molar-refractivity contribution in [3.05, 3.63) is 29.6 Å². The van der Waals surface area contributed by atoms with Crippen LogP contribution in [-0.2, 0) is 9.53 Å². The molecule has 1 N–H and O–H groups in total. The first-order valence-electron chi connectivity index (χ1n) is 5.29. The maximum Gasteiger partial charge on any atom is 0.338 e. The van der Waals surface area contributed by atoms with E-state index in [-0.39, 0.29) is 17.9 Å². The van der Waals surface area contributed by atoms with Crippen LogP contribution < -0.4 is 10.1 Å². The Morgan fingerprint density at radius 2 is 2.21 bits per heavy atom. The Hall–Kier alpha value is -2.55. The molecule has 0 aliphatic carbocycles. The first kappa shape index (κ1) is 14.5. The van der Waals surface area contributed by atoms with Crippen molar-refractivity contribution >= 4 is 11.9 Å². The highest BCUT2D eigenvalue weighted by molar-refractivity contribution is 5.91. The van der Waals surface area contributed by atoms with Crippen molar-refractivity contribution in [2.45, 2.75) is 0 Å². The topological polar surface area (TPSA) is 64.6 Å². The fourth-order valence-corrected chi connectivity index (χ4v) is 1.21. The van der Waals surface area contributed by atoms with Gasteiger partial charge in [-0.1, -0.05) is 5.92 Å². The molecule has 0 heterocycles. The van der Waals surface area contributed by atoms with E-state index in [0.717, 1.165) is 6.07 Å². The van der Waals surface area contributed by atoms with Gasteiger partial charge in [0.1, 0.15) is 0 Å². The number of amides is 1. The molecule has 0 bridgehead atoms. The summed E-state index contributed by atoms with van der Waals surface area (Å²) in [7, 11) is 1.31. The molecule has 0 saturated carbocycles. The van der Waals surface area contributed by atoms with E-state index >= 15 is 0 Å². The molecule has 1 aromatic rings. The zero-order chi connectivity index (χ0) is 14.3. The molecule has 0 aliphatic heterocycles. The second-order valence-electron chi connectivity index (χ2n) is 3.41. The Balaban J connectivity index is 2.57. The fourth-order valence-electron chi connectivity index (χ4n) is 1.21. The molecule has 6 heteroatoms. The van der Waals surface area contributed by atoms with Crippen LogP contribution >= 0.6 is 0 Å². The van der Waals surface area contributed by atoms with Gasteiger partial charge in [0.05, 0.1) is 19.2 Å². The van der Waals surface area contributed by atoms with E-state index in [1.807, 2.05) is 0 Å². The molecular weight excluding hydrogens is 253 g/mol. The average molecular weight is 265 g/mol. The Bertz CT molecular complexity index is 522. The van der Waals surface area contributed by atoms with Gasteiger partial charge in [-0.2, -0.15) is 0 Å². The maximum absolute atomic E-state index is 13.3. The molecule has 0 radical (unpaired) electrons. The largest absolute Gasteiger partial charge is 0.494 e. The molecule has 0 spiro atoms. The third-order valence-corrected chi connectivity index (χ3v) is 2.11. The van der Waals surface area contributed by atoms with Gasteiger partial charge in [-0.05, 0) is 18.2 Å². The van der Waals surface area contributed by atoms with Crippen LogP contribution in [0.3, 0.4) is 0 Å². The summed E-state index contributed by atoms with van der Waals surface area (Å²) in [6, 6.07) is 3.61. The Labute approximate surface area is 109 Å². The van der Waals surface area contributed by atoms with E-state index in [9.17, 15) is 14.0 Å². The van der Waals surface area contributed by atoms with Crippen molar-refractivity contribution in [3.8, 4) is 18.1 Å². The van der Waals surface area contributed by atoms with Gasteiger partial charge in [0.25, 0.3) is 5.91 Å². The van der Waals surface area contributed by atoms with Crippen molar-refractivity contribution < 1.29 is 23.5 Å². The lowest BCUT2D eigenvalue weighted by Gasteiger charge is -2.06. The number of terminal acetylenes is 1. The highest BCUT2D eigenvalue weighted by atomic mass is 19.1. The molecular formula is C13H12FNO4. The summed E-state index contributed by atoms with van der Waals surface area (Å²) >= 11 is 0. The van der Waals surface area contributed by atoms with Crippen LogP contribution in [0.15, 0.2) is 18.2 Å². The number of carbonyl (C=O) groups excluding carboxylic acids is 2. The van der Waals surface area contributed by atoms with Crippen LogP contribution in [0.25, 0.3) is 0 Å². The molecule has 1 rings (SSSR count). The summed E-state index contributed by atoms with van der Waals surface area (Å²) < 4.78 is 22.7. The second kappa shape index (κ2) is 7.01. The number of halogens is 1. The van der Waals surface area contributed by atoms with Gasteiger partial charge >= 0.3 is 5.97 Å². The maximum atomic E-state index is 13.3. The molecule has 0 aromatic heterocycles. The number of hydrogen-bond acceptors (Lipinski definition) is 4. The number of esters is 1. The van der Waals surface area contributed by atoms with E-state index in [0.29, 0.717) is 0 Å². The number of rotatable bonds is 5. The number of benzene rings is 1. The molecule has 0 fully saturated rings. The molecule has 100 valence electrons. The van der Waals surface area contributed by atoms with E-state index < -0.39 is 24.3 Å². The molecule has 0 atom stereocenters. The molecule has 1 amide bonds. The Morgan fingerprint density at radius 1 is 1.47 bits per heavy atom. The van der Waals surface area contributed by atoms with Crippen LogP contribution in [0.4, 0.5) is 4.39 Å². The van der Waals surface area contributed by atoms with Crippen LogP contribution in [0, 0.1) is 18.2 Å². The lowest BCUT2D eigenvalue weighted by atomic mass is 10.2. The Morgan fingerprint density at radius 3 is 2.79 bits per heavy atom. The first-order chi connectivity index (χ1) is 9.08. The van der Waals surface area contributed by atoms with E-state index in [4.69, 9.17) is 11.2 Å². The van der Waals surface area contributed by atoms with Gasteiger partial charge < -0.3 is 14.8 Å². The number of nitrogens with one attached hydrogen (secondary N) is 1. The quantitative estimate of drug-likeness (QED) is 0.630. The summed E-state index contributed by atoms with van der Waals surface area (Å²) in [6.45, 7) is -0.429. The minimum absolute atomic E-state index is 0.0111. The third-order valence-electron chi connectivity index (χ3n) is 2.11. The summed E-state index contributed by atoms with van der Waals surface area (Å²) in [4.78, 5) is 22.7. The van der Waals surface area contributed by atoms with Gasteiger partial charge in [-0.3, -0.25) is 4.79 Å². The van der Waals surface area contributed by atoms with Gasteiger partial charge in [0.15, 0.2) is 18.2 Å². The smallest absolute Gasteiger partial charge is 0.338 e. The molecule has 19 heavy (non-hydrogen) atoms. The van der Waals surface area contributed by atoms with Crippen molar-refractivity contribution in [1.29, 1.82) is 0 Å². The highest BCUT2D eigenvalue weighted by Gasteiger charge is 2.12. The molecule has 0 aliphatic rings. The van der Waals surface area contributed by atoms with Crippen LogP contribution in [0.5, 0.6) is 5.75 Å². The second-order valence-corrected chi connectivity index (χ2v) is 3.41. The lowest BCUT2D eigenvalue weighted by molar-refractivity contribution is -0.123. The van der Waals surface area contributed by atoms with E-state index in [1.54, 1.807) is 0 Å². The third kappa shape index (κ3) is 4.32. The van der Waals surface area contributed by atoms with Crippen LogP contribution in [0.2, 0.25) is 0 Å². The van der Waals surface area contributed by atoms with Crippen molar-refractivity contribution in [3.63, 3.8) is 0 Å². The number of ether oxygens (including phenoxy) is 2. The predicted molar refractivity (Wildman–Crippen MR) is 65.1 cm³/mol. The molecule has 0 unspecified atom stereocenters. The highest BCUT2D eigenvalue weighted by Crippen LogP contribution is 2.18. The van der Waals surface area contributed by atoms with Gasteiger partial charge in [0, 0.05) is 0 Å². The van der Waals surface area contributed by atoms with Gasteiger partial charge in [-0.15, -0.1) is 6.42 Å². The summed E-state index contributed by atoms with van der Waals surface area (Å²) in [5.74, 6) is 0.197. The number of methoxy groups -OCH3 is 1. The summed E-state index contributed by atoms with van der Waals surface area (Å²) in [5, 5.41) is 2.32. The van der Waals surface area contributed by atoms with Gasteiger partial charge in [-0.25, -0.2) is 9.18 Å². The first-order valence-corrected chi connectivity index (χ1v) is 5.29. The predicted octanol–water partition coefficient (Wildman–Crippen LogP) is 0.740. The van der Waals surface area contributed by atoms with Crippen molar-refractivity contribution in [2.24, 2.45) is 0 Å². The minimum Gasteiger partial charge on any atom is -0.494 e. The molecule has 5 nitrogen and oxygen atoms in total. The lowest BCUT2D eigenvalue weighted by Crippen LogP contribution is -2.29. The Kier molecular flexibility index (Phi) is 5.35. The normalized spacial score (nSPS) is 9.32. The monoisotopic (exact) mass is 265 g/mol. The van der Waals surface area contributed by atoms with Crippen LogP contribution in [0.1, 0.15) is 10.4 Å². The van der Waals surface area contributed by atoms with Crippen LogP contribution in [-0.4, -0.2) is 32.1 Å². The molecule has 0 saturated heterocycles.